The number of benzene rings is 1. The molecule has 1 heterocycles. The van der Waals surface area contributed by atoms with Crippen LogP contribution in [0.1, 0.15) is 32.3 Å². The van der Waals surface area contributed by atoms with Crippen molar-refractivity contribution in [2.45, 2.75) is 39.7 Å². The first-order valence-corrected chi connectivity index (χ1v) is 7.57. The summed E-state index contributed by atoms with van der Waals surface area (Å²) in [5.74, 6) is 2.25. The lowest BCUT2D eigenvalue weighted by molar-refractivity contribution is 0.119. The molecule has 1 aliphatic heterocycles. The second kappa shape index (κ2) is 6.62. The van der Waals surface area contributed by atoms with E-state index in [2.05, 4.69) is 26.1 Å². The summed E-state index contributed by atoms with van der Waals surface area (Å²) in [6.07, 6.45) is 2.62. The molecule has 106 valence electrons. The van der Waals surface area contributed by atoms with Crippen molar-refractivity contribution in [3.05, 3.63) is 28.8 Å². The van der Waals surface area contributed by atoms with E-state index in [-0.39, 0.29) is 0 Å². The Kier molecular flexibility index (Phi) is 5.12. The first-order chi connectivity index (χ1) is 9.06. The first-order valence-electron chi connectivity index (χ1n) is 7.19. The molecule has 1 aromatic rings. The molecule has 0 unspecified atom stereocenters. The highest BCUT2D eigenvalue weighted by Crippen LogP contribution is 2.28. The van der Waals surface area contributed by atoms with Gasteiger partial charge in [0.2, 0.25) is 0 Å². The van der Waals surface area contributed by atoms with Gasteiger partial charge in [-0.25, -0.2) is 0 Å². The van der Waals surface area contributed by atoms with Crippen LogP contribution in [0, 0.1) is 18.8 Å². The van der Waals surface area contributed by atoms with Gasteiger partial charge in [0.1, 0.15) is 11.9 Å². The van der Waals surface area contributed by atoms with Gasteiger partial charge >= 0.3 is 0 Å². The Hall–Kier alpha value is -0.730. The van der Waals surface area contributed by atoms with Gasteiger partial charge in [0.15, 0.2) is 0 Å². The highest BCUT2D eigenvalue weighted by Gasteiger charge is 2.27. The summed E-state index contributed by atoms with van der Waals surface area (Å²) in [4.78, 5) is 0. The van der Waals surface area contributed by atoms with Crippen LogP contribution in [0.25, 0.3) is 0 Å². The lowest BCUT2D eigenvalue weighted by Gasteiger charge is -2.26. The molecule has 0 amide bonds. The van der Waals surface area contributed by atoms with Gasteiger partial charge in [-0.3, -0.25) is 0 Å². The fourth-order valence-corrected chi connectivity index (χ4v) is 2.93. The number of aryl methyl sites for hydroxylation is 1. The molecule has 19 heavy (non-hydrogen) atoms. The van der Waals surface area contributed by atoms with Gasteiger partial charge in [-0.15, -0.1) is 0 Å². The molecule has 3 heteroatoms. The van der Waals surface area contributed by atoms with Crippen LogP contribution in [0.5, 0.6) is 5.75 Å². The lowest BCUT2D eigenvalue weighted by Crippen LogP contribution is -2.30. The molecule has 1 aliphatic rings. The highest BCUT2D eigenvalue weighted by atomic mass is 35.5. The molecule has 2 rings (SSSR count). The SMILES string of the molecule is Cc1cc(Cl)ccc1O[C@H](CC(C)C)[C@H]1CCNC1. The van der Waals surface area contributed by atoms with Crippen molar-refractivity contribution in [2.75, 3.05) is 13.1 Å². The van der Waals surface area contributed by atoms with E-state index >= 15 is 0 Å². The fraction of sp³-hybridized carbons (Fsp3) is 0.625. The van der Waals surface area contributed by atoms with E-state index in [0.717, 1.165) is 35.8 Å². The second-order valence-corrected chi connectivity index (χ2v) is 6.38. The summed E-state index contributed by atoms with van der Waals surface area (Å²) in [5, 5.41) is 4.21. The zero-order valence-corrected chi connectivity index (χ0v) is 12.8. The Morgan fingerprint density at radius 2 is 2.21 bits per heavy atom. The Morgan fingerprint density at radius 1 is 1.42 bits per heavy atom. The smallest absolute Gasteiger partial charge is 0.122 e. The predicted octanol–water partition coefficient (Wildman–Crippen LogP) is 4.05. The van der Waals surface area contributed by atoms with E-state index in [1.165, 1.54) is 6.42 Å². The molecule has 0 radical (unpaired) electrons. The van der Waals surface area contributed by atoms with Gasteiger partial charge in [0, 0.05) is 17.5 Å². The predicted molar refractivity (Wildman–Crippen MR) is 81.0 cm³/mol. The molecule has 1 N–H and O–H groups in total. The number of nitrogens with one attached hydrogen (secondary N) is 1. The van der Waals surface area contributed by atoms with E-state index in [1.54, 1.807) is 0 Å². The summed E-state index contributed by atoms with van der Waals surface area (Å²) >= 11 is 6.00. The van der Waals surface area contributed by atoms with Crippen LogP contribution in [0.15, 0.2) is 18.2 Å². The molecular formula is C16H24ClNO. The van der Waals surface area contributed by atoms with Crippen LogP contribution in [0.4, 0.5) is 0 Å². The monoisotopic (exact) mass is 281 g/mol. The van der Waals surface area contributed by atoms with Crippen LogP contribution in [0.2, 0.25) is 5.02 Å². The van der Waals surface area contributed by atoms with Gasteiger partial charge in [-0.05, 0) is 56.0 Å². The van der Waals surface area contributed by atoms with Gasteiger partial charge in [-0.2, -0.15) is 0 Å². The Labute approximate surface area is 121 Å². The number of rotatable bonds is 5. The summed E-state index contributed by atoms with van der Waals surface area (Å²) in [7, 11) is 0. The van der Waals surface area contributed by atoms with Gasteiger partial charge in [0.05, 0.1) is 0 Å². The van der Waals surface area contributed by atoms with E-state index in [0.29, 0.717) is 17.9 Å². The minimum atomic E-state index is 0.301. The summed E-state index contributed by atoms with van der Waals surface area (Å²) in [5.41, 5.74) is 1.12. The lowest BCUT2D eigenvalue weighted by atomic mass is 9.93. The molecule has 0 bridgehead atoms. The maximum Gasteiger partial charge on any atom is 0.122 e. The maximum absolute atomic E-state index is 6.30. The molecule has 2 atom stereocenters. The van der Waals surface area contributed by atoms with Crippen molar-refractivity contribution in [1.29, 1.82) is 0 Å². The zero-order chi connectivity index (χ0) is 13.8. The minimum absolute atomic E-state index is 0.301. The zero-order valence-electron chi connectivity index (χ0n) is 12.1. The Bertz CT molecular complexity index is 413. The Morgan fingerprint density at radius 3 is 2.79 bits per heavy atom. The molecule has 1 saturated heterocycles. The molecule has 2 nitrogen and oxygen atoms in total. The van der Waals surface area contributed by atoms with Crippen molar-refractivity contribution >= 4 is 11.6 Å². The fourth-order valence-electron chi connectivity index (χ4n) is 2.70. The van der Waals surface area contributed by atoms with Crippen molar-refractivity contribution in [3.63, 3.8) is 0 Å². The van der Waals surface area contributed by atoms with E-state index in [4.69, 9.17) is 16.3 Å². The minimum Gasteiger partial charge on any atom is -0.490 e. The van der Waals surface area contributed by atoms with Gasteiger partial charge in [-0.1, -0.05) is 25.4 Å². The van der Waals surface area contributed by atoms with E-state index < -0.39 is 0 Å². The van der Waals surface area contributed by atoms with E-state index in [9.17, 15) is 0 Å². The summed E-state index contributed by atoms with van der Waals surface area (Å²) < 4.78 is 6.30. The van der Waals surface area contributed by atoms with Crippen molar-refractivity contribution in [3.8, 4) is 5.75 Å². The van der Waals surface area contributed by atoms with Crippen LogP contribution >= 0.6 is 11.6 Å². The van der Waals surface area contributed by atoms with Crippen molar-refractivity contribution < 1.29 is 4.74 Å². The molecular weight excluding hydrogens is 258 g/mol. The standard InChI is InChI=1S/C16H24ClNO/c1-11(2)8-16(13-6-7-18-10-13)19-15-5-4-14(17)9-12(15)3/h4-5,9,11,13,16,18H,6-8,10H2,1-3H3/t13-,16+/m0/s1. The molecule has 0 spiro atoms. The largest absolute Gasteiger partial charge is 0.490 e. The van der Waals surface area contributed by atoms with E-state index in [1.807, 2.05) is 18.2 Å². The van der Waals surface area contributed by atoms with Crippen LogP contribution < -0.4 is 10.1 Å². The van der Waals surface area contributed by atoms with Crippen LogP contribution in [-0.4, -0.2) is 19.2 Å². The average molecular weight is 282 g/mol. The summed E-state index contributed by atoms with van der Waals surface area (Å²) in [6.45, 7) is 8.76. The molecule has 1 aromatic carbocycles. The molecule has 0 aromatic heterocycles. The number of ether oxygens (including phenoxy) is 1. The average Bonchev–Trinajstić information content (AvgIpc) is 2.84. The third-order valence-corrected chi connectivity index (χ3v) is 3.98. The van der Waals surface area contributed by atoms with Crippen molar-refractivity contribution in [2.24, 2.45) is 11.8 Å². The molecule has 0 saturated carbocycles. The van der Waals surface area contributed by atoms with Gasteiger partial charge in [0.25, 0.3) is 0 Å². The second-order valence-electron chi connectivity index (χ2n) is 5.95. The molecule has 0 aliphatic carbocycles. The first kappa shape index (κ1) is 14.7. The quantitative estimate of drug-likeness (QED) is 0.879. The number of halogens is 1. The maximum atomic E-state index is 6.30. The third-order valence-electron chi connectivity index (χ3n) is 3.74. The number of hydrogen-bond acceptors (Lipinski definition) is 2. The topological polar surface area (TPSA) is 21.3 Å². The summed E-state index contributed by atoms with van der Waals surface area (Å²) in [6, 6.07) is 5.87. The van der Waals surface area contributed by atoms with Crippen LogP contribution in [-0.2, 0) is 0 Å². The third kappa shape index (κ3) is 4.12. The number of hydrogen-bond donors (Lipinski definition) is 1. The Balaban J connectivity index is 2.09. The van der Waals surface area contributed by atoms with Gasteiger partial charge < -0.3 is 10.1 Å². The van der Waals surface area contributed by atoms with Crippen LogP contribution in [0.3, 0.4) is 0 Å². The van der Waals surface area contributed by atoms with Crippen molar-refractivity contribution in [1.82, 2.24) is 5.32 Å². The normalized spacial score (nSPS) is 20.8. The molecule has 1 fully saturated rings. The highest BCUT2D eigenvalue weighted by molar-refractivity contribution is 6.30.